The number of pyridine rings is 1. The molecule has 2 aromatic rings. The van der Waals surface area contributed by atoms with Crippen molar-refractivity contribution in [2.45, 2.75) is 12.3 Å². The highest BCUT2D eigenvalue weighted by molar-refractivity contribution is 7.11. The third-order valence-electron chi connectivity index (χ3n) is 2.08. The lowest BCUT2D eigenvalue weighted by molar-refractivity contribution is -0.137. The monoisotopic (exact) mass is 278 g/mol. The fourth-order valence-corrected chi connectivity index (χ4v) is 2.05. The van der Waals surface area contributed by atoms with E-state index in [2.05, 4.69) is 9.97 Å². The fourth-order valence-electron chi connectivity index (χ4n) is 1.28. The van der Waals surface area contributed by atoms with Crippen molar-refractivity contribution in [3.8, 4) is 0 Å². The molecule has 3 nitrogen and oxygen atoms in total. The third-order valence-corrected chi connectivity index (χ3v) is 3.18. The Morgan fingerprint density at radius 3 is 2.56 bits per heavy atom. The first-order valence-electron chi connectivity index (χ1n) is 4.71. The van der Waals surface area contributed by atoms with Gasteiger partial charge in [0.25, 0.3) is 0 Å². The second kappa shape index (κ2) is 4.62. The first kappa shape index (κ1) is 12.9. The highest BCUT2D eigenvalue weighted by atomic mass is 32.1. The molecule has 0 aliphatic rings. The predicted octanol–water partition coefficient (Wildman–Crippen LogP) is 2.78. The van der Waals surface area contributed by atoms with Gasteiger partial charge in [0.2, 0.25) is 0 Å². The normalized spacial score (nSPS) is 13.6. The van der Waals surface area contributed by atoms with E-state index in [1.165, 1.54) is 12.3 Å². The Bertz CT molecular complexity index is 555. The molecule has 0 bridgehead atoms. The molecule has 2 rings (SSSR count). The highest BCUT2D eigenvalue weighted by Gasteiger charge is 2.35. The molecule has 1 N–H and O–H groups in total. The van der Waals surface area contributed by atoms with Crippen LogP contribution in [0.5, 0.6) is 0 Å². The highest BCUT2D eigenvalue weighted by Crippen LogP contribution is 2.35. The molecule has 0 aromatic carbocycles. The van der Waals surface area contributed by atoms with Crippen molar-refractivity contribution in [2.24, 2.45) is 0 Å². The maximum Gasteiger partial charge on any atom is 0.443 e. The maximum atomic E-state index is 13.3. The number of aliphatic hydroxyl groups excluding tert-OH is 1. The lowest BCUT2D eigenvalue weighted by atomic mass is 10.2. The summed E-state index contributed by atoms with van der Waals surface area (Å²) < 4.78 is 50.3. The van der Waals surface area contributed by atoms with Crippen molar-refractivity contribution in [3.63, 3.8) is 0 Å². The molecule has 96 valence electrons. The number of aromatic nitrogens is 2. The van der Waals surface area contributed by atoms with E-state index in [4.69, 9.17) is 0 Å². The van der Waals surface area contributed by atoms with Gasteiger partial charge in [-0.25, -0.2) is 9.37 Å². The molecular formula is C10H6F4N2OS. The molecule has 0 aliphatic heterocycles. The number of hydrogen-bond acceptors (Lipinski definition) is 4. The van der Waals surface area contributed by atoms with Crippen molar-refractivity contribution in [1.29, 1.82) is 0 Å². The van der Waals surface area contributed by atoms with Crippen LogP contribution in [0.3, 0.4) is 0 Å². The zero-order valence-corrected chi connectivity index (χ0v) is 9.46. The minimum absolute atomic E-state index is 0.111. The van der Waals surface area contributed by atoms with Gasteiger partial charge in [0.15, 0.2) is 5.01 Å². The van der Waals surface area contributed by atoms with Gasteiger partial charge < -0.3 is 5.11 Å². The molecule has 0 saturated carbocycles. The average molecular weight is 278 g/mol. The van der Waals surface area contributed by atoms with Gasteiger partial charge in [-0.3, -0.25) is 4.98 Å². The molecular weight excluding hydrogens is 272 g/mol. The van der Waals surface area contributed by atoms with E-state index in [0.29, 0.717) is 0 Å². The van der Waals surface area contributed by atoms with Crippen LogP contribution < -0.4 is 0 Å². The van der Waals surface area contributed by atoms with Gasteiger partial charge in [0.05, 0.1) is 4.88 Å². The average Bonchev–Trinajstić information content (AvgIpc) is 2.77. The van der Waals surface area contributed by atoms with Crippen LogP contribution in [0.4, 0.5) is 17.6 Å². The van der Waals surface area contributed by atoms with Crippen LogP contribution in [0.1, 0.15) is 21.7 Å². The van der Waals surface area contributed by atoms with Crippen molar-refractivity contribution in [1.82, 2.24) is 9.97 Å². The Balaban J connectivity index is 2.33. The first-order chi connectivity index (χ1) is 8.39. The summed E-state index contributed by atoms with van der Waals surface area (Å²) in [6.45, 7) is 0. The third kappa shape index (κ3) is 2.49. The minimum Gasteiger partial charge on any atom is -0.381 e. The van der Waals surface area contributed by atoms with Crippen molar-refractivity contribution >= 4 is 11.3 Å². The van der Waals surface area contributed by atoms with E-state index in [-0.39, 0.29) is 21.9 Å². The van der Waals surface area contributed by atoms with Gasteiger partial charge in [-0.15, -0.1) is 11.3 Å². The minimum atomic E-state index is -4.58. The molecule has 2 aromatic heterocycles. The lowest BCUT2D eigenvalue weighted by Gasteiger charge is -2.07. The number of alkyl halides is 3. The molecule has 0 amide bonds. The van der Waals surface area contributed by atoms with Crippen LogP contribution in [0.25, 0.3) is 0 Å². The summed E-state index contributed by atoms with van der Waals surface area (Å²) in [5.74, 6) is -0.785. The zero-order valence-electron chi connectivity index (χ0n) is 8.65. The van der Waals surface area contributed by atoms with E-state index in [1.54, 1.807) is 0 Å². The van der Waals surface area contributed by atoms with E-state index >= 15 is 0 Å². The van der Waals surface area contributed by atoms with Crippen LogP contribution >= 0.6 is 11.3 Å². The largest absolute Gasteiger partial charge is 0.443 e. The predicted molar refractivity (Wildman–Crippen MR) is 55.4 cm³/mol. The Morgan fingerprint density at radius 2 is 2.00 bits per heavy atom. The first-order valence-corrected chi connectivity index (χ1v) is 5.52. The molecule has 18 heavy (non-hydrogen) atoms. The van der Waals surface area contributed by atoms with Crippen LogP contribution in [-0.4, -0.2) is 15.1 Å². The van der Waals surface area contributed by atoms with Crippen LogP contribution in [0, 0.1) is 5.82 Å². The van der Waals surface area contributed by atoms with Gasteiger partial charge in [-0.1, -0.05) is 0 Å². The Labute approximate surface area is 103 Å². The number of halogens is 4. The molecule has 2 heterocycles. The SMILES string of the molecule is OC(c1cnc(C(F)(F)F)s1)c1ncccc1F. The van der Waals surface area contributed by atoms with Gasteiger partial charge in [0, 0.05) is 12.4 Å². The summed E-state index contributed by atoms with van der Waals surface area (Å²) in [5, 5.41) is 8.66. The Kier molecular flexibility index (Phi) is 3.31. The second-order valence-electron chi connectivity index (χ2n) is 3.34. The molecule has 0 fully saturated rings. The van der Waals surface area contributed by atoms with E-state index in [9.17, 15) is 22.7 Å². The molecule has 8 heteroatoms. The molecule has 0 aliphatic carbocycles. The molecule has 0 radical (unpaired) electrons. The second-order valence-corrected chi connectivity index (χ2v) is 4.40. The summed E-state index contributed by atoms with van der Waals surface area (Å²) >= 11 is 0.259. The zero-order chi connectivity index (χ0) is 13.3. The number of nitrogens with zero attached hydrogens (tertiary/aromatic N) is 2. The van der Waals surface area contributed by atoms with Crippen LogP contribution in [-0.2, 0) is 6.18 Å². The van der Waals surface area contributed by atoms with E-state index in [1.807, 2.05) is 0 Å². The fraction of sp³-hybridized carbons (Fsp3) is 0.200. The van der Waals surface area contributed by atoms with Gasteiger partial charge in [-0.05, 0) is 12.1 Å². The lowest BCUT2D eigenvalue weighted by Crippen LogP contribution is -2.04. The van der Waals surface area contributed by atoms with Crippen molar-refractivity contribution in [3.05, 3.63) is 45.9 Å². The molecule has 1 atom stereocenters. The van der Waals surface area contributed by atoms with E-state index in [0.717, 1.165) is 12.3 Å². The number of thiazole rings is 1. The quantitative estimate of drug-likeness (QED) is 0.859. The number of aliphatic hydroxyl groups is 1. The summed E-state index contributed by atoms with van der Waals surface area (Å²) in [5.41, 5.74) is -0.324. The van der Waals surface area contributed by atoms with Crippen LogP contribution in [0.2, 0.25) is 0 Å². The Morgan fingerprint density at radius 1 is 1.28 bits per heavy atom. The summed E-state index contributed by atoms with van der Waals surface area (Å²) in [7, 11) is 0. The molecule has 0 spiro atoms. The topological polar surface area (TPSA) is 46.0 Å². The summed E-state index contributed by atoms with van der Waals surface area (Å²) in [4.78, 5) is 6.63. The van der Waals surface area contributed by atoms with Crippen LogP contribution in [0.15, 0.2) is 24.5 Å². The van der Waals surface area contributed by atoms with Gasteiger partial charge >= 0.3 is 6.18 Å². The smallest absolute Gasteiger partial charge is 0.381 e. The van der Waals surface area contributed by atoms with Crippen molar-refractivity contribution in [2.75, 3.05) is 0 Å². The van der Waals surface area contributed by atoms with Crippen molar-refractivity contribution < 1.29 is 22.7 Å². The standard InChI is InChI=1S/C10H6F4N2OS/c11-5-2-1-3-15-7(5)8(17)6-4-16-9(18-6)10(12,13)14/h1-4,8,17H. The summed E-state index contributed by atoms with van der Waals surface area (Å²) in [6.07, 6.45) is -4.02. The molecule has 0 saturated heterocycles. The summed E-state index contributed by atoms with van der Waals surface area (Å²) in [6, 6.07) is 2.39. The maximum absolute atomic E-state index is 13.3. The van der Waals surface area contributed by atoms with Gasteiger partial charge in [-0.2, -0.15) is 13.2 Å². The number of hydrogen-bond donors (Lipinski definition) is 1. The molecule has 1 unspecified atom stereocenters. The number of rotatable bonds is 2. The Hall–Kier alpha value is -1.54. The van der Waals surface area contributed by atoms with Gasteiger partial charge in [0.1, 0.15) is 17.6 Å². The van der Waals surface area contributed by atoms with E-state index < -0.39 is 23.1 Å².